The van der Waals surface area contributed by atoms with Crippen molar-refractivity contribution in [3.05, 3.63) is 0 Å². The highest BCUT2D eigenvalue weighted by molar-refractivity contribution is 4.90. The Hall–Kier alpha value is -0.240. The summed E-state index contributed by atoms with van der Waals surface area (Å²) in [6, 6.07) is -1.04. The quantitative estimate of drug-likeness (QED) is 0.288. The first kappa shape index (κ1) is 9.85. The lowest BCUT2D eigenvalue weighted by molar-refractivity contribution is -0.248. The van der Waals surface area contributed by atoms with Gasteiger partial charge in [0.05, 0.1) is 12.6 Å². The van der Waals surface area contributed by atoms with Gasteiger partial charge in [-0.25, -0.2) is 0 Å². The molecule has 0 aliphatic carbocycles. The first-order valence-corrected chi connectivity index (χ1v) is 3.64. The molecule has 0 spiro atoms. The Labute approximate surface area is 69.2 Å². The molecule has 0 radical (unpaired) electrons. The molecule has 5 atom stereocenters. The third-order valence-corrected chi connectivity index (χ3v) is 1.95. The van der Waals surface area contributed by atoms with E-state index in [1.807, 2.05) is 0 Å². The van der Waals surface area contributed by atoms with Crippen LogP contribution in [0, 0.1) is 0 Å². The minimum Gasteiger partial charge on any atom is -0.394 e. The van der Waals surface area contributed by atoms with Crippen LogP contribution in [0.3, 0.4) is 0 Å². The first-order chi connectivity index (χ1) is 5.57. The van der Waals surface area contributed by atoms with E-state index in [1.165, 1.54) is 0 Å². The molecule has 1 saturated heterocycles. The van der Waals surface area contributed by atoms with E-state index in [4.69, 9.17) is 20.7 Å². The number of ether oxygens (including phenoxy) is 1. The fourth-order valence-corrected chi connectivity index (χ4v) is 1.12. The van der Waals surface area contributed by atoms with E-state index in [0.717, 1.165) is 0 Å². The molecule has 6 heteroatoms. The zero-order chi connectivity index (χ0) is 9.30. The molecular weight excluding hydrogens is 166 g/mol. The van der Waals surface area contributed by atoms with Gasteiger partial charge in [-0.3, -0.25) is 0 Å². The van der Waals surface area contributed by atoms with Gasteiger partial charge in [-0.1, -0.05) is 0 Å². The van der Waals surface area contributed by atoms with Crippen LogP contribution in [-0.2, 0) is 4.74 Å². The van der Waals surface area contributed by atoms with Crippen molar-refractivity contribution in [1.82, 2.24) is 0 Å². The maximum absolute atomic E-state index is 9.20. The zero-order valence-corrected chi connectivity index (χ0v) is 6.37. The molecule has 0 unspecified atom stereocenters. The minimum absolute atomic E-state index is 0.470. The Kier molecular flexibility index (Phi) is 2.99. The average molecular weight is 179 g/mol. The van der Waals surface area contributed by atoms with Crippen LogP contribution in [0.5, 0.6) is 0 Å². The molecule has 1 rings (SSSR count). The Bertz CT molecular complexity index is 150. The predicted molar refractivity (Wildman–Crippen MR) is 38.0 cm³/mol. The second kappa shape index (κ2) is 3.65. The minimum atomic E-state index is -1.35. The SMILES string of the molecule is N[C@@H]1[C@H](O)[C@@H](O)[C@@H](CO)O[C@H]1O. The number of hydrogen-bond acceptors (Lipinski definition) is 6. The van der Waals surface area contributed by atoms with Crippen molar-refractivity contribution in [1.29, 1.82) is 0 Å². The fraction of sp³-hybridized carbons (Fsp3) is 1.00. The molecule has 1 aliphatic heterocycles. The van der Waals surface area contributed by atoms with Gasteiger partial charge in [0.15, 0.2) is 6.29 Å². The maximum atomic E-state index is 9.20. The normalized spacial score (nSPS) is 49.2. The standard InChI is InChI=1S/C6H13NO5/c7-3-5(10)4(9)2(1-8)12-6(3)11/h2-6,8-11H,1,7H2/t2-,3-,4+,5+,6-/m1/s1. The van der Waals surface area contributed by atoms with Gasteiger partial charge in [0.25, 0.3) is 0 Å². The van der Waals surface area contributed by atoms with Gasteiger partial charge >= 0.3 is 0 Å². The molecule has 1 aliphatic rings. The lowest BCUT2D eigenvalue weighted by Gasteiger charge is -2.38. The molecule has 0 bridgehead atoms. The van der Waals surface area contributed by atoms with Gasteiger partial charge in [0.2, 0.25) is 0 Å². The highest BCUT2D eigenvalue weighted by atomic mass is 16.6. The van der Waals surface area contributed by atoms with Crippen LogP contribution >= 0.6 is 0 Å². The summed E-state index contributed by atoms with van der Waals surface area (Å²) < 4.78 is 4.70. The molecular formula is C6H13NO5. The number of nitrogens with two attached hydrogens (primary N) is 1. The van der Waals surface area contributed by atoms with Crippen molar-refractivity contribution in [3.63, 3.8) is 0 Å². The van der Waals surface area contributed by atoms with Gasteiger partial charge in [-0.15, -0.1) is 0 Å². The Morgan fingerprint density at radius 3 is 2.25 bits per heavy atom. The van der Waals surface area contributed by atoms with Crippen LogP contribution in [0.25, 0.3) is 0 Å². The van der Waals surface area contributed by atoms with Gasteiger partial charge < -0.3 is 30.9 Å². The molecule has 72 valence electrons. The van der Waals surface area contributed by atoms with Gasteiger partial charge in [-0.05, 0) is 0 Å². The van der Waals surface area contributed by atoms with Crippen LogP contribution in [0.15, 0.2) is 0 Å². The fourth-order valence-electron chi connectivity index (χ4n) is 1.12. The third-order valence-electron chi connectivity index (χ3n) is 1.95. The largest absolute Gasteiger partial charge is 0.394 e. The predicted octanol–water partition coefficient (Wildman–Crippen LogP) is -3.26. The lowest BCUT2D eigenvalue weighted by Crippen LogP contribution is -2.61. The van der Waals surface area contributed by atoms with E-state index in [9.17, 15) is 10.2 Å². The number of rotatable bonds is 1. The molecule has 12 heavy (non-hydrogen) atoms. The number of aliphatic hydroxyl groups is 4. The number of aliphatic hydroxyl groups excluding tert-OH is 4. The molecule has 0 aromatic rings. The summed E-state index contributed by atoms with van der Waals surface area (Å²) in [5.41, 5.74) is 5.26. The van der Waals surface area contributed by atoms with Crippen molar-refractivity contribution in [2.75, 3.05) is 6.61 Å². The summed E-state index contributed by atoms with van der Waals surface area (Å²) in [5, 5.41) is 36.1. The van der Waals surface area contributed by atoms with E-state index in [1.54, 1.807) is 0 Å². The zero-order valence-electron chi connectivity index (χ0n) is 6.37. The highest BCUT2D eigenvalue weighted by Gasteiger charge is 2.41. The van der Waals surface area contributed by atoms with Crippen molar-refractivity contribution >= 4 is 0 Å². The molecule has 0 aromatic heterocycles. The first-order valence-electron chi connectivity index (χ1n) is 3.64. The van der Waals surface area contributed by atoms with E-state index in [-0.39, 0.29) is 0 Å². The van der Waals surface area contributed by atoms with Crippen LogP contribution in [0.2, 0.25) is 0 Å². The van der Waals surface area contributed by atoms with E-state index >= 15 is 0 Å². The molecule has 0 saturated carbocycles. The highest BCUT2D eigenvalue weighted by Crippen LogP contribution is 2.17. The van der Waals surface area contributed by atoms with Crippen molar-refractivity contribution in [2.45, 2.75) is 30.6 Å². The van der Waals surface area contributed by atoms with E-state index in [0.29, 0.717) is 0 Å². The topological polar surface area (TPSA) is 116 Å². The maximum Gasteiger partial charge on any atom is 0.173 e. The third kappa shape index (κ3) is 1.58. The Morgan fingerprint density at radius 2 is 1.75 bits per heavy atom. The van der Waals surface area contributed by atoms with Gasteiger partial charge in [0.1, 0.15) is 18.3 Å². The lowest BCUT2D eigenvalue weighted by atomic mass is 9.98. The van der Waals surface area contributed by atoms with Crippen LogP contribution < -0.4 is 5.73 Å². The Morgan fingerprint density at radius 1 is 1.17 bits per heavy atom. The van der Waals surface area contributed by atoms with Crippen LogP contribution in [0.4, 0.5) is 0 Å². The summed E-state index contributed by atoms with van der Waals surface area (Å²) >= 11 is 0. The molecule has 1 fully saturated rings. The molecule has 1 heterocycles. The number of hydrogen-bond donors (Lipinski definition) is 5. The molecule has 0 amide bonds. The van der Waals surface area contributed by atoms with Crippen LogP contribution in [-0.4, -0.2) is 57.7 Å². The molecule has 0 aromatic carbocycles. The average Bonchev–Trinajstić information content (AvgIpc) is 2.08. The van der Waals surface area contributed by atoms with E-state index in [2.05, 4.69) is 0 Å². The van der Waals surface area contributed by atoms with E-state index < -0.39 is 37.3 Å². The summed E-state index contributed by atoms with van der Waals surface area (Å²) in [5.74, 6) is 0. The summed E-state index contributed by atoms with van der Waals surface area (Å²) in [4.78, 5) is 0. The summed E-state index contributed by atoms with van der Waals surface area (Å²) in [7, 11) is 0. The van der Waals surface area contributed by atoms with Crippen molar-refractivity contribution < 1.29 is 25.2 Å². The summed E-state index contributed by atoms with van der Waals surface area (Å²) in [6.45, 7) is -0.470. The smallest absolute Gasteiger partial charge is 0.173 e. The van der Waals surface area contributed by atoms with Gasteiger partial charge in [0, 0.05) is 0 Å². The van der Waals surface area contributed by atoms with Gasteiger partial charge in [-0.2, -0.15) is 0 Å². The Balaban J connectivity index is 2.63. The monoisotopic (exact) mass is 179 g/mol. The van der Waals surface area contributed by atoms with Crippen molar-refractivity contribution in [2.24, 2.45) is 5.73 Å². The second-order valence-corrected chi connectivity index (χ2v) is 2.81. The van der Waals surface area contributed by atoms with Crippen LogP contribution in [0.1, 0.15) is 0 Å². The molecule has 6 N–H and O–H groups in total. The summed E-state index contributed by atoms with van der Waals surface area (Å²) in [6.07, 6.45) is -4.85. The second-order valence-electron chi connectivity index (χ2n) is 2.81. The molecule has 6 nitrogen and oxygen atoms in total. The van der Waals surface area contributed by atoms with Crippen molar-refractivity contribution in [3.8, 4) is 0 Å².